The van der Waals surface area contributed by atoms with Crippen molar-refractivity contribution in [1.29, 1.82) is 0 Å². The SMILES string of the molecule is CC(C)Cc1ccc2nc(C(F)(F)F)cc(Cl)c2c1. The Morgan fingerprint density at radius 2 is 1.89 bits per heavy atom. The van der Waals surface area contributed by atoms with Gasteiger partial charge in [-0.25, -0.2) is 4.98 Å². The van der Waals surface area contributed by atoms with Crippen molar-refractivity contribution in [2.24, 2.45) is 5.92 Å². The third kappa shape index (κ3) is 3.18. The second kappa shape index (κ2) is 5.00. The molecule has 0 amide bonds. The van der Waals surface area contributed by atoms with Crippen molar-refractivity contribution in [2.45, 2.75) is 26.4 Å². The van der Waals surface area contributed by atoms with Crippen molar-refractivity contribution >= 4 is 22.5 Å². The first-order valence-electron chi connectivity index (χ1n) is 5.94. The van der Waals surface area contributed by atoms with Gasteiger partial charge in [0.2, 0.25) is 0 Å². The predicted molar refractivity (Wildman–Crippen MR) is 70.3 cm³/mol. The van der Waals surface area contributed by atoms with Crippen molar-refractivity contribution < 1.29 is 13.2 Å². The van der Waals surface area contributed by atoms with Gasteiger partial charge in [0.1, 0.15) is 5.69 Å². The zero-order valence-electron chi connectivity index (χ0n) is 10.6. The van der Waals surface area contributed by atoms with Gasteiger partial charge in [0.25, 0.3) is 0 Å². The van der Waals surface area contributed by atoms with Crippen LogP contribution in [0.4, 0.5) is 13.2 Å². The molecule has 19 heavy (non-hydrogen) atoms. The molecule has 0 unspecified atom stereocenters. The zero-order chi connectivity index (χ0) is 14.2. The summed E-state index contributed by atoms with van der Waals surface area (Å²) in [5.74, 6) is 0.471. The molecule has 0 radical (unpaired) electrons. The maximum absolute atomic E-state index is 12.6. The van der Waals surface area contributed by atoms with E-state index in [0.29, 0.717) is 11.3 Å². The molecule has 0 aliphatic heterocycles. The predicted octanol–water partition coefficient (Wildman–Crippen LogP) is 5.11. The lowest BCUT2D eigenvalue weighted by Crippen LogP contribution is -2.08. The summed E-state index contributed by atoms with van der Waals surface area (Å²) in [6, 6.07) is 6.08. The van der Waals surface area contributed by atoms with Gasteiger partial charge in [0.05, 0.1) is 10.5 Å². The van der Waals surface area contributed by atoms with E-state index in [4.69, 9.17) is 11.6 Å². The van der Waals surface area contributed by atoms with Crippen LogP contribution in [-0.4, -0.2) is 4.98 Å². The number of rotatable bonds is 2. The molecule has 0 fully saturated rings. The van der Waals surface area contributed by atoms with Crippen molar-refractivity contribution in [2.75, 3.05) is 0 Å². The number of fused-ring (bicyclic) bond motifs is 1. The Morgan fingerprint density at radius 1 is 1.21 bits per heavy atom. The van der Waals surface area contributed by atoms with E-state index in [0.717, 1.165) is 18.1 Å². The minimum absolute atomic E-state index is 0.0860. The van der Waals surface area contributed by atoms with E-state index in [-0.39, 0.29) is 10.5 Å². The molecule has 1 aromatic heterocycles. The highest BCUT2D eigenvalue weighted by Gasteiger charge is 2.33. The third-order valence-corrected chi connectivity index (χ3v) is 3.07. The fourth-order valence-electron chi connectivity index (χ4n) is 1.98. The quantitative estimate of drug-likeness (QED) is 0.748. The van der Waals surface area contributed by atoms with E-state index in [1.807, 2.05) is 6.07 Å². The van der Waals surface area contributed by atoms with E-state index in [2.05, 4.69) is 18.8 Å². The van der Waals surface area contributed by atoms with Crippen molar-refractivity contribution in [1.82, 2.24) is 4.98 Å². The highest BCUT2D eigenvalue weighted by molar-refractivity contribution is 6.35. The summed E-state index contributed by atoms with van der Waals surface area (Å²) in [6.45, 7) is 4.16. The van der Waals surface area contributed by atoms with Gasteiger partial charge in [-0.05, 0) is 36.1 Å². The number of hydrogen-bond acceptors (Lipinski definition) is 1. The Kier molecular flexibility index (Phi) is 3.72. The fraction of sp³-hybridized carbons (Fsp3) is 0.357. The topological polar surface area (TPSA) is 12.9 Å². The summed E-state index contributed by atoms with van der Waals surface area (Å²) in [7, 11) is 0. The van der Waals surface area contributed by atoms with Crippen LogP contribution in [0.3, 0.4) is 0 Å². The molecule has 0 spiro atoms. The average molecular weight is 288 g/mol. The molecule has 0 aliphatic rings. The molecule has 0 saturated heterocycles. The first-order valence-corrected chi connectivity index (χ1v) is 6.31. The molecule has 1 aromatic carbocycles. The minimum Gasteiger partial charge on any atom is -0.243 e. The van der Waals surface area contributed by atoms with Crippen LogP contribution in [0.1, 0.15) is 25.1 Å². The van der Waals surface area contributed by atoms with Crippen molar-refractivity contribution in [3.05, 3.63) is 40.5 Å². The van der Waals surface area contributed by atoms with Gasteiger partial charge in [-0.1, -0.05) is 31.5 Å². The normalized spacial score (nSPS) is 12.4. The molecule has 1 nitrogen and oxygen atoms in total. The molecule has 0 atom stereocenters. The van der Waals surface area contributed by atoms with Gasteiger partial charge in [0, 0.05) is 5.39 Å². The van der Waals surface area contributed by atoms with Crippen LogP contribution in [0.15, 0.2) is 24.3 Å². The van der Waals surface area contributed by atoms with Crippen LogP contribution < -0.4 is 0 Å². The largest absolute Gasteiger partial charge is 0.433 e. The summed E-state index contributed by atoms with van der Waals surface area (Å²) in [6.07, 6.45) is -3.62. The number of halogens is 4. The second-order valence-corrected chi connectivity index (χ2v) is 5.34. The molecule has 0 N–H and O–H groups in total. The number of aromatic nitrogens is 1. The Bertz CT molecular complexity index is 605. The second-order valence-electron chi connectivity index (χ2n) is 4.94. The highest BCUT2D eigenvalue weighted by atomic mass is 35.5. The lowest BCUT2D eigenvalue weighted by atomic mass is 10.0. The number of alkyl halides is 3. The summed E-state index contributed by atoms with van der Waals surface area (Å²) >= 11 is 5.94. The number of benzene rings is 1. The first kappa shape index (κ1) is 14.1. The monoisotopic (exact) mass is 287 g/mol. The molecular weight excluding hydrogens is 275 g/mol. The van der Waals surface area contributed by atoms with Crippen LogP contribution in [0, 0.1) is 5.92 Å². The van der Waals surface area contributed by atoms with Crippen LogP contribution in [0.2, 0.25) is 5.02 Å². The summed E-state index contributed by atoms with van der Waals surface area (Å²) in [4.78, 5) is 3.62. The molecule has 0 aliphatic carbocycles. The molecule has 5 heteroatoms. The van der Waals surface area contributed by atoms with Crippen molar-refractivity contribution in [3.63, 3.8) is 0 Å². The number of nitrogens with zero attached hydrogens (tertiary/aromatic N) is 1. The smallest absolute Gasteiger partial charge is 0.243 e. The van der Waals surface area contributed by atoms with Gasteiger partial charge in [0.15, 0.2) is 0 Å². The Labute approximate surface area is 114 Å². The number of hydrogen-bond donors (Lipinski definition) is 0. The van der Waals surface area contributed by atoms with E-state index in [9.17, 15) is 13.2 Å². The van der Waals surface area contributed by atoms with E-state index < -0.39 is 11.9 Å². The average Bonchev–Trinajstić information content (AvgIpc) is 2.27. The maximum Gasteiger partial charge on any atom is 0.433 e. The van der Waals surface area contributed by atoms with Gasteiger partial charge in [-0.3, -0.25) is 0 Å². The highest BCUT2D eigenvalue weighted by Crippen LogP contribution is 2.33. The Morgan fingerprint density at radius 3 is 2.47 bits per heavy atom. The lowest BCUT2D eigenvalue weighted by Gasteiger charge is -2.10. The third-order valence-electron chi connectivity index (χ3n) is 2.76. The minimum atomic E-state index is -4.48. The van der Waals surface area contributed by atoms with Crippen molar-refractivity contribution in [3.8, 4) is 0 Å². The van der Waals surface area contributed by atoms with Crippen LogP contribution in [0.5, 0.6) is 0 Å². The molecule has 0 saturated carbocycles. The van der Waals surface area contributed by atoms with E-state index in [1.165, 1.54) is 0 Å². The van der Waals surface area contributed by atoms with Gasteiger partial charge < -0.3 is 0 Å². The maximum atomic E-state index is 12.6. The van der Waals surface area contributed by atoms with E-state index in [1.54, 1.807) is 12.1 Å². The summed E-state index contributed by atoms with van der Waals surface area (Å²) in [5, 5.41) is 0.649. The Hall–Kier alpha value is -1.29. The number of pyridine rings is 1. The van der Waals surface area contributed by atoms with Crippen LogP contribution in [0.25, 0.3) is 10.9 Å². The summed E-state index contributed by atoms with van der Waals surface area (Å²) in [5.41, 5.74) is 0.361. The van der Waals surface area contributed by atoms with Gasteiger partial charge >= 0.3 is 6.18 Å². The molecular formula is C14H13ClF3N. The van der Waals surface area contributed by atoms with E-state index >= 15 is 0 Å². The van der Waals surface area contributed by atoms with Crippen LogP contribution in [-0.2, 0) is 12.6 Å². The Balaban J connectivity index is 2.54. The molecule has 2 rings (SSSR count). The standard InChI is InChI=1S/C14H13ClF3N/c1-8(2)5-9-3-4-12-10(6-9)11(15)7-13(19-12)14(16,17)18/h3-4,6-8H,5H2,1-2H3. The fourth-order valence-corrected chi connectivity index (χ4v) is 2.23. The van der Waals surface area contributed by atoms with Crippen LogP contribution >= 0.6 is 11.6 Å². The molecule has 1 heterocycles. The van der Waals surface area contributed by atoms with Gasteiger partial charge in [-0.2, -0.15) is 13.2 Å². The first-order chi connectivity index (χ1) is 8.77. The molecule has 0 bridgehead atoms. The van der Waals surface area contributed by atoms with Gasteiger partial charge in [-0.15, -0.1) is 0 Å². The molecule has 2 aromatic rings. The molecule has 102 valence electrons. The lowest BCUT2D eigenvalue weighted by molar-refractivity contribution is -0.140. The zero-order valence-corrected chi connectivity index (χ0v) is 11.3. The summed E-state index contributed by atoms with van der Waals surface area (Å²) < 4.78 is 37.9.